The van der Waals surface area contributed by atoms with Crippen molar-refractivity contribution < 1.29 is 4.79 Å². The number of carbonyl (C=O) groups excluding carboxylic acids is 1. The minimum absolute atomic E-state index is 0.0885. The molecule has 92 valence electrons. The zero-order chi connectivity index (χ0) is 11.7. The minimum Gasteiger partial charge on any atom is -0.316 e. The summed E-state index contributed by atoms with van der Waals surface area (Å²) in [6.07, 6.45) is 2.33. The third-order valence-electron chi connectivity index (χ3n) is 3.38. The quantitative estimate of drug-likeness (QED) is 0.662. The van der Waals surface area contributed by atoms with Crippen molar-refractivity contribution in [3.05, 3.63) is 12.3 Å². The Labute approximate surface area is 99.8 Å². The predicted molar refractivity (Wildman–Crippen MR) is 63.7 cm³/mol. The van der Waals surface area contributed by atoms with E-state index in [1.165, 1.54) is 0 Å². The van der Waals surface area contributed by atoms with Gasteiger partial charge in [-0.05, 0) is 19.0 Å². The first kappa shape index (κ1) is 10.7. The first-order valence-corrected chi connectivity index (χ1v) is 6.08. The monoisotopic (exact) mass is 235 g/mol. The van der Waals surface area contributed by atoms with Crippen LogP contribution in [0.5, 0.6) is 0 Å². The first-order chi connectivity index (χ1) is 8.33. The van der Waals surface area contributed by atoms with Gasteiger partial charge in [-0.1, -0.05) is 0 Å². The van der Waals surface area contributed by atoms with Crippen LogP contribution in [0.1, 0.15) is 12.5 Å². The van der Waals surface area contributed by atoms with Crippen LogP contribution in [-0.2, 0) is 4.79 Å². The lowest BCUT2D eigenvalue weighted by atomic mass is 9.99. The molecule has 0 radical (unpaired) electrons. The van der Waals surface area contributed by atoms with Crippen molar-refractivity contribution in [2.45, 2.75) is 12.5 Å². The molecule has 0 saturated carbocycles. The second-order valence-electron chi connectivity index (χ2n) is 4.75. The summed E-state index contributed by atoms with van der Waals surface area (Å²) < 4.78 is 1.90. The summed E-state index contributed by atoms with van der Waals surface area (Å²) >= 11 is 0. The van der Waals surface area contributed by atoms with Crippen LogP contribution < -0.4 is 16.0 Å². The van der Waals surface area contributed by atoms with E-state index in [2.05, 4.69) is 21.0 Å². The van der Waals surface area contributed by atoms with Crippen molar-refractivity contribution >= 4 is 11.7 Å². The molecule has 1 amide bonds. The standard InChI is InChI=1S/C11H17N5O/c17-11(3-8-4-12-5-8)15-10-1-2-14-16(10)9-6-13-7-9/h1-2,8-9,12-13H,3-7H2,(H,15,17). The molecule has 0 bridgehead atoms. The molecule has 3 rings (SSSR count). The molecule has 17 heavy (non-hydrogen) atoms. The zero-order valence-electron chi connectivity index (χ0n) is 9.65. The lowest BCUT2D eigenvalue weighted by Crippen LogP contribution is -2.45. The normalized spacial score (nSPS) is 20.7. The van der Waals surface area contributed by atoms with Crippen LogP contribution in [-0.4, -0.2) is 41.9 Å². The van der Waals surface area contributed by atoms with E-state index >= 15 is 0 Å². The Balaban J connectivity index is 1.59. The van der Waals surface area contributed by atoms with Crippen LogP contribution in [0.2, 0.25) is 0 Å². The van der Waals surface area contributed by atoms with Crippen molar-refractivity contribution in [1.29, 1.82) is 0 Å². The fourth-order valence-corrected chi connectivity index (χ4v) is 2.10. The van der Waals surface area contributed by atoms with Gasteiger partial charge in [-0.15, -0.1) is 0 Å². The average molecular weight is 235 g/mol. The first-order valence-electron chi connectivity index (χ1n) is 6.08. The lowest BCUT2D eigenvalue weighted by molar-refractivity contribution is -0.117. The second kappa shape index (κ2) is 4.46. The topological polar surface area (TPSA) is 71.0 Å². The van der Waals surface area contributed by atoms with Gasteiger partial charge in [0.05, 0.1) is 12.2 Å². The number of carbonyl (C=O) groups is 1. The molecule has 6 nitrogen and oxygen atoms in total. The Bertz CT molecular complexity index is 408. The molecule has 0 atom stereocenters. The van der Waals surface area contributed by atoms with Crippen molar-refractivity contribution in [3.8, 4) is 0 Å². The van der Waals surface area contributed by atoms with Crippen LogP contribution in [0.15, 0.2) is 12.3 Å². The Hall–Kier alpha value is -1.40. The van der Waals surface area contributed by atoms with E-state index in [9.17, 15) is 4.79 Å². The van der Waals surface area contributed by atoms with Gasteiger partial charge in [0.15, 0.2) is 0 Å². The number of nitrogens with one attached hydrogen (secondary N) is 3. The van der Waals surface area contributed by atoms with Crippen molar-refractivity contribution in [3.63, 3.8) is 0 Å². The molecule has 0 aromatic carbocycles. The fourth-order valence-electron chi connectivity index (χ4n) is 2.10. The number of aromatic nitrogens is 2. The molecule has 3 heterocycles. The molecule has 1 aromatic rings. The maximum Gasteiger partial charge on any atom is 0.225 e. The van der Waals surface area contributed by atoms with Gasteiger partial charge in [-0.3, -0.25) is 4.79 Å². The molecule has 1 aromatic heterocycles. The third-order valence-corrected chi connectivity index (χ3v) is 3.38. The van der Waals surface area contributed by atoms with Crippen LogP contribution in [0.25, 0.3) is 0 Å². The Morgan fingerprint density at radius 1 is 1.41 bits per heavy atom. The van der Waals surface area contributed by atoms with E-state index in [1.807, 2.05) is 10.7 Å². The van der Waals surface area contributed by atoms with E-state index < -0.39 is 0 Å². The van der Waals surface area contributed by atoms with Gasteiger partial charge in [-0.2, -0.15) is 5.10 Å². The molecule has 2 aliphatic heterocycles. The maximum atomic E-state index is 11.8. The third kappa shape index (κ3) is 2.18. The van der Waals surface area contributed by atoms with E-state index in [-0.39, 0.29) is 5.91 Å². The highest BCUT2D eigenvalue weighted by atomic mass is 16.1. The van der Waals surface area contributed by atoms with Gasteiger partial charge in [-0.25, -0.2) is 4.68 Å². The van der Waals surface area contributed by atoms with Gasteiger partial charge < -0.3 is 16.0 Å². The van der Waals surface area contributed by atoms with E-state index in [0.29, 0.717) is 18.4 Å². The number of amides is 1. The molecule has 0 unspecified atom stereocenters. The second-order valence-corrected chi connectivity index (χ2v) is 4.75. The highest BCUT2D eigenvalue weighted by Gasteiger charge is 2.24. The van der Waals surface area contributed by atoms with E-state index in [1.54, 1.807) is 6.20 Å². The molecule has 2 saturated heterocycles. The van der Waals surface area contributed by atoms with Gasteiger partial charge in [0, 0.05) is 25.6 Å². The molecular weight excluding hydrogens is 218 g/mol. The largest absolute Gasteiger partial charge is 0.316 e. The molecule has 2 fully saturated rings. The Morgan fingerprint density at radius 3 is 2.76 bits per heavy atom. The summed E-state index contributed by atoms with van der Waals surface area (Å²) in [5, 5.41) is 13.6. The van der Waals surface area contributed by atoms with E-state index in [0.717, 1.165) is 32.0 Å². The SMILES string of the molecule is O=C(CC1CNC1)Nc1ccnn1C1CNC1. The zero-order valence-corrected chi connectivity index (χ0v) is 9.65. The smallest absolute Gasteiger partial charge is 0.225 e. The van der Waals surface area contributed by atoms with Crippen molar-refractivity contribution in [1.82, 2.24) is 20.4 Å². The molecule has 0 aliphatic carbocycles. The number of hydrogen-bond acceptors (Lipinski definition) is 4. The summed E-state index contributed by atoms with van der Waals surface area (Å²) in [7, 11) is 0. The van der Waals surface area contributed by atoms with Crippen LogP contribution >= 0.6 is 0 Å². The Morgan fingerprint density at radius 2 is 2.18 bits per heavy atom. The summed E-state index contributed by atoms with van der Waals surface area (Å²) in [4.78, 5) is 11.8. The number of rotatable bonds is 4. The predicted octanol–water partition coefficient (Wildman–Crippen LogP) is -0.425. The van der Waals surface area contributed by atoms with E-state index in [4.69, 9.17) is 0 Å². The van der Waals surface area contributed by atoms with Crippen LogP contribution in [0.4, 0.5) is 5.82 Å². The van der Waals surface area contributed by atoms with Gasteiger partial charge in [0.1, 0.15) is 5.82 Å². The van der Waals surface area contributed by atoms with Crippen LogP contribution in [0.3, 0.4) is 0 Å². The van der Waals surface area contributed by atoms with Gasteiger partial charge >= 0.3 is 0 Å². The Kier molecular flexibility index (Phi) is 2.82. The van der Waals surface area contributed by atoms with Crippen LogP contribution in [0, 0.1) is 5.92 Å². The molecule has 6 heteroatoms. The molecule has 2 aliphatic rings. The summed E-state index contributed by atoms with van der Waals surface area (Å²) in [6, 6.07) is 2.24. The number of hydrogen-bond donors (Lipinski definition) is 3. The molecule has 0 spiro atoms. The summed E-state index contributed by atoms with van der Waals surface area (Å²) in [6.45, 7) is 3.77. The molecule has 3 N–H and O–H groups in total. The molecular formula is C11H17N5O. The maximum absolute atomic E-state index is 11.8. The summed E-state index contributed by atoms with van der Waals surface area (Å²) in [5.74, 6) is 1.40. The van der Waals surface area contributed by atoms with Gasteiger partial charge in [0.25, 0.3) is 0 Å². The van der Waals surface area contributed by atoms with Crippen molar-refractivity contribution in [2.24, 2.45) is 5.92 Å². The highest BCUT2D eigenvalue weighted by molar-refractivity contribution is 5.90. The highest BCUT2D eigenvalue weighted by Crippen LogP contribution is 2.18. The fraction of sp³-hybridized carbons (Fsp3) is 0.636. The lowest BCUT2D eigenvalue weighted by Gasteiger charge is -2.29. The summed E-state index contributed by atoms with van der Waals surface area (Å²) in [5.41, 5.74) is 0. The number of anilines is 1. The average Bonchev–Trinajstić information content (AvgIpc) is 2.58. The minimum atomic E-state index is 0.0885. The van der Waals surface area contributed by atoms with Gasteiger partial charge in [0.2, 0.25) is 5.91 Å². The number of nitrogens with zero attached hydrogens (tertiary/aromatic N) is 2. The van der Waals surface area contributed by atoms with Crippen molar-refractivity contribution in [2.75, 3.05) is 31.5 Å².